The number of carbonyl (C=O) groups is 2. The number of nitrogens with zero attached hydrogens (tertiary/aromatic N) is 1. The molecule has 0 radical (unpaired) electrons. The highest BCUT2D eigenvalue weighted by Gasteiger charge is 2.21. The molecule has 0 heterocycles. The third-order valence-electron chi connectivity index (χ3n) is 6.90. The van der Waals surface area contributed by atoms with Crippen LogP contribution in [0.5, 0.6) is 5.75 Å². The number of carbonyl (C=O) groups excluding carboxylic acids is 2. The highest BCUT2D eigenvalue weighted by atomic mass is 16.5. The maximum atomic E-state index is 11.4. The molecular weight excluding hydrogens is 514 g/mol. The zero-order valence-electron chi connectivity index (χ0n) is 23.5. The van der Waals surface area contributed by atoms with Crippen LogP contribution in [-0.2, 0) is 29.2 Å². The lowest BCUT2D eigenvalue weighted by Gasteiger charge is -2.31. The Kier molecular flexibility index (Phi) is 10.7. The topological polar surface area (TPSA) is 90.9 Å². The van der Waals surface area contributed by atoms with E-state index in [0.29, 0.717) is 43.1 Å². The van der Waals surface area contributed by atoms with E-state index in [1.807, 2.05) is 78.9 Å². The molecule has 0 bridgehead atoms. The lowest BCUT2D eigenvalue weighted by molar-refractivity contribution is -0.114. The van der Waals surface area contributed by atoms with Gasteiger partial charge in [0.05, 0.1) is 11.8 Å². The van der Waals surface area contributed by atoms with Crippen molar-refractivity contribution in [2.24, 2.45) is 0 Å². The molecule has 3 N–H and O–H groups in total. The minimum atomic E-state index is -0.793. The molecule has 7 heteroatoms. The van der Waals surface area contributed by atoms with Gasteiger partial charge in [0.15, 0.2) is 0 Å². The van der Waals surface area contributed by atoms with E-state index >= 15 is 0 Å². The minimum Gasteiger partial charge on any atom is -0.487 e. The van der Waals surface area contributed by atoms with Crippen molar-refractivity contribution in [2.45, 2.75) is 45.6 Å². The van der Waals surface area contributed by atoms with Gasteiger partial charge in [-0.15, -0.1) is 0 Å². The van der Waals surface area contributed by atoms with Crippen LogP contribution in [0.15, 0.2) is 103 Å². The second-order valence-electron chi connectivity index (χ2n) is 10.2. The predicted molar refractivity (Wildman–Crippen MR) is 163 cm³/mol. The van der Waals surface area contributed by atoms with Crippen molar-refractivity contribution >= 4 is 23.7 Å². The lowest BCUT2D eigenvalue weighted by atomic mass is 10.0. The minimum absolute atomic E-state index is 0.101. The highest BCUT2D eigenvalue weighted by molar-refractivity contribution is 5.88. The highest BCUT2D eigenvalue weighted by Crippen LogP contribution is 2.30. The number of aliphatic hydroxyl groups is 1. The Morgan fingerprint density at radius 1 is 0.902 bits per heavy atom. The van der Waals surface area contributed by atoms with E-state index in [-0.39, 0.29) is 11.9 Å². The van der Waals surface area contributed by atoms with Crippen LogP contribution in [0, 0.1) is 0 Å². The van der Waals surface area contributed by atoms with Gasteiger partial charge in [-0.3, -0.25) is 14.5 Å². The van der Waals surface area contributed by atoms with Crippen LogP contribution in [0.1, 0.15) is 42.2 Å². The van der Waals surface area contributed by atoms with Gasteiger partial charge in [0, 0.05) is 31.7 Å². The third kappa shape index (κ3) is 9.03. The molecule has 2 unspecified atom stereocenters. The van der Waals surface area contributed by atoms with Gasteiger partial charge in [-0.25, -0.2) is 0 Å². The van der Waals surface area contributed by atoms with E-state index in [9.17, 15) is 14.7 Å². The number of aliphatic hydroxyl groups excluding tert-OH is 1. The Morgan fingerprint density at radius 2 is 1.56 bits per heavy atom. The maximum Gasteiger partial charge on any atom is 0.221 e. The SMILES string of the molecule is CC(=O)Nc1ccc(CC(C)N(Cc2ccccc2)CC(O)c2ccc(OCc3ccccc3)c(NC=O)c2)cc1. The van der Waals surface area contributed by atoms with Crippen LogP contribution in [0.2, 0.25) is 0 Å². The summed E-state index contributed by atoms with van der Waals surface area (Å²) < 4.78 is 5.97. The molecule has 7 nitrogen and oxygen atoms in total. The van der Waals surface area contributed by atoms with Gasteiger partial charge >= 0.3 is 0 Å². The zero-order valence-corrected chi connectivity index (χ0v) is 23.5. The standard InChI is InChI=1S/C34H37N3O4/c1-25(19-27-13-16-31(17-14-27)36-26(2)39)37(21-28-9-5-3-6-10-28)22-33(40)30-15-18-34(32(20-30)35-24-38)41-23-29-11-7-4-8-12-29/h3-18,20,24-25,33,40H,19,21-23H2,1-2H3,(H,35,38)(H,36,39). The molecule has 4 aromatic rings. The molecule has 212 valence electrons. The lowest BCUT2D eigenvalue weighted by Crippen LogP contribution is -2.37. The summed E-state index contributed by atoms with van der Waals surface area (Å²) in [6, 6.07) is 33.3. The van der Waals surface area contributed by atoms with Crippen molar-refractivity contribution in [3.63, 3.8) is 0 Å². The first-order chi connectivity index (χ1) is 19.9. The molecule has 0 fully saturated rings. The molecule has 2 atom stereocenters. The fraction of sp³-hybridized carbons (Fsp3) is 0.235. The Balaban J connectivity index is 1.49. The Morgan fingerprint density at radius 3 is 2.20 bits per heavy atom. The van der Waals surface area contributed by atoms with Crippen LogP contribution in [0.3, 0.4) is 0 Å². The monoisotopic (exact) mass is 551 g/mol. The summed E-state index contributed by atoms with van der Waals surface area (Å²) in [5.41, 5.74) is 5.27. The van der Waals surface area contributed by atoms with Crippen molar-refractivity contribution in [3.05, 3.63) is 125 Å². The number of ether oxygens (including phenoxy) is 1. The van der Waals surface area contributed by atoms with Gasteiger partial charge in [0.25, 0.3) is 0 Å². The number of anilines is 2. The van der Waals surface area contributed by atoms with Crippen molar-refractivity contribution < 1.29 is 19.4 Å². The second-order valence-corrected chi connectivity index (χ2v) is 10.2. The van der Waals surface area contributed by atoms with E-state index in [1.54, 1.807) is 12.1 Å². The normalized spacial score (nSPS) is 12.4. The Hall–Kier alpha value is -4.46. The first kappa shape index (κ1) is 29.5. The summed E-state index contributed by atoms with van der Waals surface area (Å²) >= 11 is 0. The molecule has 0 saturated carbocycles. The molecule has 0 saturated heterocycles. The summed E-state index contributed by atoms with van der Waals surface area (Å²) in [5.74, 6) is 0.436. The predicted octanol–water partition coefficient (Wildman–Crippen LogP) is 5.96. The first-order valence-electron chi connectivity index (χ1n) is 13.7. The van der Waals surface area contributed by atoms with Crippen molar-refractivity contribution in [1.82, 2.24) is 4.90 Å². The van der Waals surface area contributed by atoms with Crippen LogP contribution in [-0.4, -0.2) is 34.9 Å². The van der Waals surface area contributed by atoms with Crippen LogP contribution >= 0.6 is 0 Å². The number of rotatable bonds is 14. The smallest absolute Gasteiger partial charge is 0.221 e. The molecule has 4 rings (SSSR count). The summed E-state index contributed by atoms with van der Waals surface area (Å²) in [6.45, 7) is 5.07. The number of amides is 2. The van der Waals surface area contributed by atoms with Crippen LogP contribution in [0.25, 0.3) is 0 Å². The molecule has 41 heavy (non-hydrogen) atoms. The van der Waals surface area contributed by atoms with Crippen LogP contribution in [0.4, 0.5) is 11.4 Å². The summed E-state index contributed by atoms with van der Waals surface area (Å²) in [6.07, 6.45) is 0.588. The van der Waals surface area contributed by atoms with E-state index in [4.69, 9.17) is 4.74 Å². The molecule has 4 aromatic carbocycles. The van der Waals surface area contributed by atoms with E-state index in [2.05, 4.69) is 34.6 Å². The maximum absolute atomic E-state index is 11.4. The number of benzene rings is 4. The number of hydrogen-bond donors (Lipinski definition) is 3. The van der Waals surface area contributed by atoms with Crippen molar-refractivity contribution in [1.29, 1.82) is 0 Å². The molecule has 0 aliphatic carbocycles. The molecule has 0 aliphatic heterocycles. The van der Waals surface area contributed by atoms with E-state index < -0.39 is 6.10 Å². The first-order valence-corrected chi connectivity index (χ1v) is 13.7. The quantitative estimate of drug-likeness (QED) is 0.168. The molecular formula is C34H37N3O4. The van der Waals surface area contributed by atoms with Gasteiger partial charge in [0.1, 0.15) is 12.4 Å². The van der Waals surface area contributed by atoms with Gasteiger partial charge in [0.2, 0.25) is 12.3 Å². The Bertz CT molecular complexity index is 1390. The van der Waals surface area contributed by atoms with Crippen molar-refractivity contribution in [2.75, 3.05) is 17.2 Å². The average Bonchev–Trinajstić information content (AvgIpc) is 2.98. The molecule has 0 aromatic heterocycles. The third-order valence-corrected chi connectivity index (χ3v) is 6.90. The van der Waals surface area contributed by atoms with Gasteiger partial charge in [-0.1, -0.05) is 78.9 Å². The molecule has 2 amide bonds. The van der Waals surface area contributed by atoms with Crippen LogP contribution < -0.4 is 15.4 Å². The fourth-order valence-corrected chi connectivity index (χ4v) is 4.74. The van der Waals surface area contributed by atoms with Gasteiger partial charge in [-0.2, -0.15) is 0 Å². The summed E-state index contributed by atoms with van der Waals surface area (Å²) in [7, 11) is 0. The Labute approximate surface area is 241 Å². The van der Waals surface area contributed by atoms with E-state index in [1.165, 1.54) is 6.92 Å². The fourth-order valence-electron chi connectivity index (χ4n) is 4.74. The molecule has 0 aliphatic rings. The van der Waals surface area contributed by atoms with Gasteiger partial charge < -0.3 is 20.5 Å². The summed E-state index contributed by atoms with van der Waals surface area (Å²) in [5, 5.41) is 16.9. The van der Waals surface area contributed by atoms with Gasteiger partial charge in [-0.05, 0) is 59.9 Å². The van der Waals surface area contributed by atoms with Crippen molar-refractivity contribution in [3.8, 4) is 5.75 Å². The van der Waals surface area contributed by atoms with E-state index in [0.717, 1.165) is 28.8 Å². The summed E-state index contributed by atoms with van der Waals surface area (Å²) in [4.78, 5) is 25.0. The largest absolute Gasteiger partial charge is 0.487 e. The number of nitrogens with one attached hydrogen (secondary N) is 2. The second kappa shape index (κ2) is 14.8. The number of hydrogen-bond acceptors (Lipinski definition) is 5. The zero-order chi connectivity index (χ0) is 29.0. The average molecular weight is 552 g/mol. The molecule has 0 spiro atoms.